The van der Waals surface area contributed by atoms with Crippen molar-refractivity contribution in [2.24, 2.45) is 0 Å². The summed E-state index contributed by atoms with van der Waals surface area (Å²) >= 11 is 0. The number of sulfone groups is 1. The predicted octanol–water partition coefficient (Wildman–Crippen LogP) is 1.55. The predicted molar refractivity (Wildman–Crippen MR) is 61.7 cm³/mol. The Bertz CT molecular complexity index is 501. The van der Waals surface area contributed by atoms with Crippen molar-refractivity contribution in [2.45, 2.75) is 25.9 Å². The molecular weight excluding hydrogens is 226 g/mol. The molecule has 0 amide bonds. The van der Waals surface area contributed by atoms with Crippen molar-refractivity contribution in [3.63, 3.8) is 0 Å². The first-order chi connectivity index (χ1) is 7.46. The van der Waals surface area contributed by atoms with Gasteiger partial charge in [0.25, 0.3) is 0 Å². The van der Waals surface area contributed by atoms with E-state index in [4.69, 9.17) is 4.42 Å². The summed E-state index contributed by atoms with van der Waals surface area (Å²) < 4.78 is 27.9. The van der Waals surface area contributed by atoms with Crippen LogP contribution in [-0.2, 0) is 9.84 Å². The highest BCUT2D eigenvalue weighted by molar-refractivity contribution is 7.94. The topological polar surface area (TPSA) is 59.3 Å². The first-order valence-corrected chi connectivity index (χ1v) is 6.91. The van der Waals surface area contributed by atoms with Crippen molar-refractivity contribution in [1.82, 2.24) is 5.32 Å². The third-order valence-electron chi connectivity index (χ3n) is 2.58. The van der Waals surface area contributed by atoms with Crippen LogP contribution < -0.4 is 5.32 Å². The lowest BCUT2D eigenvalue weighted by molar-refractivity contribution is 0.407. The van der Waals surface area contributed by atoms with Gasteiger partial charge in [-0.05, 0) is 26.0 Å². The first-order valence-electron chi connectivity index (χ1n) is 5.19. The SMILES string of the molecule is Cc1ccc(C(C)NC2C=CS(=O)(=O)C2)o1. The van der Waals surface area contributed by atoms with E-state index in [1.807, 2.05) is 26.0 Å². The van der Waals surface area contributed by atoms with Crippen molar-refractivity contribution in [1.29, 1.82) is 0 Å². The molecule has 4 nitrogen and oxygen atoms in total. The van der Waals surface area contributed by atoms with Gasteiger partial charge in [0.2, 0.25) is 0 Å². The van der Waals surface area contributed by atoms with Gasteiger partial charge in [0.15, 0.2) is 9.84 Å². The Hall–Kier alpha value is -1.07. The Morgan fingerprint density at radius 1 is 1.50 bits per heavy atom. The van der Waals surface area contributed by atoms with Gasteiger partial charge in [-0.2, -0.15) is 0 Å². The number of hydrogen-bond donors (Lipinski definition) is 1. The van der Waals surface area contributed by atoms with Crippen LogP contribution in [-0.4, -0.2) is 20.2 Å². The molecule has 1 N–H and O–H groups in total. The molecule has 0 saturated heterocycles. The molecule has 0 aliphatic carbocycles. The Balaban J connectivity index is 1.99. The number of rotatable bonds is 3. The molecule has 0 fully saturated rings. The quantitative estimate of drug-likeness (QED) is 0.872. The van der Waals surface area contributed by atoms with E-state index in [2.05, 4.69) is 5.32 Å². The molecule has 1 aromatic heterocycles. The molecule has 2 unspecified atom stereocenters. The highest BCUT2D eigenvalue weighted by atomic mass is 32.2. The van der Waals surface area contributed by atoms with E-state index in [0.29, 0.717) is 0 Å². The second-order valence-electron chi connectivity index (χ2n) is 4.10. The molecule has 1 aliphatic rings. The second-order valence-corrected chi connectivity index (χ2v) is 6.03. The fraction of sp³-hybridized carbons (Fsp3) is 0.455. The highest BCUT2D eigenvalue weighted by Crippen LogP contribution is 2.18. The summed E-state index contributed by atoms with van der Waals surface area (Å²) in [6, 6.07) is 3.69. The monoisotopic (exact) mass is 241 g/mol. The van der Waals surface area contributed by atoms with Crippen molar-refractivity contribution >= 4 is 9.84 Å². The van der Waals surface area contributed by atoms with E-state index in [-0.39, 0.29) is 17.8 Å². The summed E-state index contributed by atoms with van der Waals surface area (Å²) in [4.78, 5) is 0. The van der Waals surface area contributed by atoms with Gasteiger partial charge in [0.05, 0.1) is 11.8 Å². The number of nitrogens with one attached hydrogen (secondary N) is 1. The molecule has 0 radical (unpaired) electrons. The fourth-order valence-corrected chi connectivity index (χ4v) is 3.02. The minimum Gasteiger partial charge on any atom is -0.465 e. The molecule has 1 aliphatic heterocycles. The van der Waals surface area contributed by atoms with Crippen molar-refractivity contribution in [2.75, 3.05) is 5.75 Å². The number of aryl methyl sites for hydroxylation is 1. The van der Waals surface area contributed by atoms with Gasteiger partial charge in [-0.1, -0.05) is 6.08 Å². The van der Waals surface area contributed by atoms with Crippen LogP contribution in [0.4, 0.5) is 0 Å². The lowest BCUT2D eigenvalue weighted by Crippen LogP contribution is -2.32. The molecule has 5 heteroatoms. The van der Waals surface area contributed by atoms with Gasteiger partial charge in [-0.15, -0.1) is 0 Å². The third kappa shape index (κ3) is 2.54. The average molecular weight is 241 g/mol. The molecule has 0 saturated carbocycles. The van der Waals surface area contributed by atoms with Crippen LogP contribution in [0.25, 0.3) is 0 Å². The molecule has 0 bridgehead atoms. The summed E-state index contributed by atoms with van der Waals surface area (Å²) in [5.41, 5.74) is 0. The van der Waals surface area contributed by atoms with Crippen LogP contribution in [0, 0.1) is 6.92 Å². The van der Waals surface area contributed by atoms with Crippen LogP contribution in [0.3, 0.4) is 0 Å². The molecule has 0 aromatic carbocycles. The first kappa shape index (κ1) is 11.4. The normalized spacial score (nSPS) is 24.8. The minimum atomic E-state index is -2.99. The average Bonchev–Trinajstić information content (AvgIpc) is 2.73. The Kier molecular flexibility index (Phi) is 2.90. The minimum absolute atomic E-state index is 0.0108. The van der Waals surface area contributed by atoms with Gasteiger partial charge in [0, 0.05) is 11.4 Å². The summed E-state index contributed by atoms with van der Waals surface area (Å²) in [6.45, 7) is 3.84. The Morgan fingerprint density at radius 2 is 2.25 bits per heavy atom. The summed E-state index contributed by atoms with van der Waals surface area (Å²) in [6.07, 6.45) is 1.68. The standard InChI is InChI=1S/C11H15NO3S/c1-8-3-4-11(15-8)9(2)12-10-5-6-16(13,14)7-10/h3-6,9-10,12H,7H2,1-2H3. The van der Waals surface area contributed by atoms with Crippen molar-refractivity contribution in [3.8, 4) is 0 Å². The zero-order chi connectivity index (χ0) is 11.8. The lowest BCUT2D eigenvalue weighted by atomic mass is 10.2. The number of furan rings is 1. The van der Waals surface area contributed by atoms with E-state index >= 15 is 0 Å². The molecule has 0 spiro atoms. The number of hydrogen-bond acceptors (Lipinski definition) is 4. The Morgan fingerprint density at radius 3 is 2.75 bits per heavy atom. The smallest absolute Gasteiger partial charge is 0.173 e. The van der Waals surface area contributed by atoms with E-state index in [1.165, 1.54) is 5.41 Å². The summed E-state index contributed by atoms with van der Waals surface area (Å²) in [5, 5.41) is 4.47. The maximum Gasteiger partial charge on any atom is 0.173 e. The van der Waals surface area contributed by atoms with Crippen molar-refractivity contribution < 1.29 is 12.8 Å². The van der Waals surface area contributed by atoms with Gasteiger partial charge < -0.3 is 9.73 Å². The maximum absolute atomic E-state index is 11.2. The summed E-state index contributed by atoms with van der Waals surface area (Å²) in [7, 11) is -2.99. The second kappa shape index (κ2) is 4.07. The van der Waals surface area contributed by atoms with E-state index in [1.54, 1.807) is 6.08 Å². The van der Waals surface area contributed by atoms with Gasteiger partial charge >= 0.3 is 0 Å². The zero-order valence-corrected chi connectivity index (χ0v) is 10.1. The Labute approximate surface area is 95.3 Å². The van der Waals surface area contributed by atoms with E-state index in [0.717, 1.165) is 11.5 Å². The maximum atomic E-state index is 11.2. The van der Waals surface area contributed by atoms with Crippen LogP contribution in [0.15, 0.2) is 28.0 Å². The van der Waals surface area contributed by atoms with Crippen LogP contribution in [0.1, 0.15) is 24.5 Å². The van der Waals surface area contributed by atoms with E-state index in [9.17, 15) is 8.42 Å². The third-order valence-corrected chi connectivity index (χ3v) is 3.98. The fourth-order valence-electron chi connectivity index (χ4n) is 1.77. The van der Waals surface area contributed by atoms with Crippen LogP contribution in [0.2, 0.25) is 0 Å². The molecule has 16 heavy (non-hydrogen) atoms. The van der Waals surface area contributed by atoms with E-state index < -0.39 is 9.84 Å². The molecule has 1 aromatic rings. The van der Waals surface area contributed by atoms with Crippen molar-refractivity contribution in [3.05, 3.63) is 35.1 Å². The molecular formula is C11H15NO3S. The largest absolute Gasteiger partial charge is 0.465 e. The molecule has 2 atom stereocenters. The highest BCUT2D eigenvalue weighted by Gasteiger charge is 2.23. The zero-order valence-electron chi connectivity index (χ0n) is 9.30. The lowest BCUT2D eigenvalue weighted by Gasteiger charge is -2.15. The van der Waals surface area contributed by atoms with Gasteiger partial charge in [0.1, 0.15) is 11.5 Å². The summed E-state index contributed by atoms with van der Waals surface area (Å²) in [5.74, 6) is 1.82. The van der Waals surface area contributed by atoms with Gasteiger partial charge in [-0.25, -0.2) is 8.42 Å². The molecule has 88 valence electrons. The van der Waals surface area contributed by atoms with Crippen LogP contribution >= 0.6 is 0 Å². The van der Waals surface area contributed by atoms with Gasteiger partial charge in [-0.3, -0.25) is 0 Å². The molecule has 2 heterocycles. The molecule has 2 rings (SSSR count). The van der Waals surface area contributed by atoms with Crippen LogP contribution in [0.5, 0.6) is 0 Å².